The fourth-order valence-corrected chi connectivity index (χ4v) is 13.2. The third kappa shape index (κ3) is 12.7. The van der Waals surface area contributed by atoms with Gasteiger partial charge in [-0.05, 0) is 190 Å². The van der Waals surface area contributed by atoms with E-state index >= 15 is 5.11 Å². The van der Waals surface area contributed by atoms with Crippen molar-refractivity contribution >= 4 is 33.4 Å². The van der Waals surface area contributed by atoms with Crippen molar-refractivity contribution in [1.82, 2.24) is 0 Å². The Morgan fingerprint density at radius 2 is 0.581 bits per heavy atom. The number of nitrogens with zero attached hydrogens (tertiary/aromatic N) is 1. The molecular formula is C91H82NO-. The SMILES string of the molecule is CC(C)(C)c1ccc(-c2ccc(-c3cc(-c4ccccc4)cc(-c4ccc(-c5ccc(C(C)(C)C)cc5)cc4)c3-c3cc(-c4ccc(C(C)(C)C)cc4)c(N=Cc4cccc(-c5c6ccccc6cc6ccccc56)c4[O-])c(-c4ccc(C(C)(C)C)cc4)c3)cc2)cc1. The van der Waals surface area contributed by atoms with Crippen LogP contribution in [-0.4, -0.2) is 6.21 Å². The van der Waals surface area contributed by atoms with Crippen molar-refractivity contribution in [2.24, 2.45) is 4.99 Å². The molecule has 0 unspecified atom stereocenters. The van der Waals surface area contributed by atoms with Crippen molar-refractivity contribution in [3.05, 3.63) is 301 Å². The number of hydrogen-bond acceptors (Lipinski definition) is 2. The molecule has 0 atom stereocenters. The summed E-state index contributed by atoms with van der Waals surface area (Å²) in [4.78, 5) is 5.63. The van der Waals surface area contributed by atoms with Crippen molar-refractivity contribution in [2.75, 3.05) is 0 Å². The van der Waals surface area contributed by atoms with Crippen LogP contribution in [0.2, 0.25) is 0 Å². The normalized spacial score (nSPS) is 12.3. The quantitative estimate of drug-likeness (QED) is 0.0939. The lowest BCUT2D eigenvalue weighted by Gasteiger charge is -2.23. The van der Waals surface area contributed by atoms with Crippen LogP contribution in [0.4, 0.5) is 5.69 Å². The number of hydrogen-bond donors (Lipinski definition) is 0. The van der Waals surface area contributed by atoms with E-state index in [1.165, 1.54) is 33.4 Å². The highest BCUT2D eigenvalue weighted by Crippen LogP contribution is 2.50. The largest absolute Gasteiger partial charge is 0.872 e. The van der Waals surface area contributed by atoms with E-state index in [4.69, 9.17) is 4.99 Å². The van der Waals surface area contributed by atoms with Gasteiger partial charge in [-0.1, -0.05) is 331 Å². The molecule has 0 fully saturated rings. The average Bonchev–Trinajstić information content (AvgIpc) is 0.757. The lowest BCUT2D eigenvalue weighted by atomic mass is 9.81. The fraction of sp³-hybridized carbons (Fsp3) is 0.176. The van der Waals surface area contributed by atoms with Crippen molar-refractivity contribution < 1.29 is 5.11 Å². The molecule has 0 spiro atoms. The number of benzene rings is 13. The Hall–Kier alpha value is -10.2. The van der Waals surface area contributed by atoms with Crippen LogP contribution in [0.5, 0.6) is 5.75 Å². The van der Waals surface area contributed by atoms with Gasteiger partial charge < -0.3 is 5.11 Å². The van der Waals surface area contributed by atoms with Gasteiger partial charge in [-0.3, -0.25) is 4.99 Å². The number of fused-ring (bicyclic) bond motifs is 2. The molecule has 0 saturated heterocycles. The lowest BCUT2D eigenvalue weighted by Crippen LogP contribution is -2.10. The highest BCUT2D eigenvalue weighted by Gasteiger charge is 2.25. The van der Waals surface area contributed by atoms with Gasteiger partial charge in [0.2, 0.25) is 0 Å². The Morgan fingerprint density at radius 3 is 0.978 bits per heavy atom. The second-order valence-corrected chi connectivity index (χ2v) is 29.4. The summed E-state index contributed by atoms with van der Waals surface area (Å²) in [5.41, 5.74) is 25.4. The van der Waals surface area contributed by atoms with E-state index in [9.17, 15) is 0 Å². The number of para-hydroxylation sites is 1. The molecule has 2 nitrogen and oxygen atoms in total. The van der Waals surface area contributed by atoms with Gasteiger partial charge in [-0.25, -0.2) is 0 Å². The molecule has 0 aliphatic rings. The third-order valence-electron chi connectivity index (χ3n) is 18.7. The van der Waals surface area contributed by atoms with E-state index < -0.39 is 0 Å². The number of rotatable bonds is 11. The molecule has 458 valence electrons. The van der Waals surface area contributed by atoms with E-state index in [1.54, 1.807) is 0 Å². The predicted molar refractivity (Wildman–Crippen MR) is 398 cm³/mol. The monoisotopic (exact) mass is 1200 g/mol. The Labute approximate surface area is 551 Å². The molecule has 13 aromatic carbocycles. The first kappa shape index (κ1) is 61.7. The second kappa shape index (κ2) is 24.5. The van der Waals surface area contributed by atoms with Crippen LogP contribution in [0.25, 0.3) is 122 Å². The highest BCUT2D eigenvalue weighted by molar-refractivity contribution is 6.14. The molecular weight excluding hydrogens is 1120 g/mol. The molecule has 93 heavy (non-hydrogen) atoms. The summed E-state index contributed by atoms with van der Waals surface area (Å²) in [6.45, 7) is 27.2. The molecule has 2 heteroatoms. The molecule has 0 saturated carbocycles. The molecule has 0 heterocycles. The van der Waals surface area contributed by atoms with E-state index in [2.05, 4.69) is 338 Å². The maximum atomic E-state index is 15.4. The molecule has 0 bridgehead atoms. The highest BCUT2D eigenvalue weighted by atomic mass is 16.3. The minimum absolute atomic E-state index is 0.0510. The van der Waals surface area contributed by atoms with Gasteiger partial charge >= 0.3 is 0 Å². The van der Waals surface area contributed by atoms with Gasteiger partial charge in [-0.15, -0.1) is 0 Å². The van der Waals surface area contributed by atoms with Crippen LogP contribution in [0, 0.1) is 0 Å². The van der Waals surface area contributed by atoms with E-state index in [0.717, 1.165) is 111 Å². The Balaban J connectivity index is 1.08. The molecule has 13 aromatic rings. The second-order valence-electron chi connectivity index (χ2n) is 29.4. The minimum Gasteiger partial charge on any atom is -0.872 e. The fourth-order valence-electron chi connectivity index (χ4n) is 13.2. The Morgan fingerprint density at radius 1 is 0.258 bits per heavy atom. The molecule has 0 radical (unpaired) electrons. The van der Waals surface area contributed by atoms with Crippen molar-refractivity contribution in [3.63, 3.8) is 0 Å². The van der Waals surface area contributed by atoms with Gasteiger partial charge in [0.25, 0.3) is 0 Å². The van der Waals surface area contributed by atoms with Crippen LogP contribution in [0.1, 0.15) is 111 Å². The molecule has 0 aliphatic heterocycles. The molecule has 0 aromatic heterocycles. The van der Waals surface area contributed by atoms with Crippen molar-refractivity contribution in [2.45, 2.75) is 105 Å². The summed E-state index contributed by atoms with van der Waals surface area (Å²) in [5.74, 6) is -0.0693. The zero-order valence-electron chi connectivity index (χ0n) is 55.9. The third-order valence-corrected chi connectivity index (χ3v) is 18.7. The molecule has 0 N–H and O–H groups in total. The Bertz CT molecular complexity index is 4650. The molecule has 0 aliphatic carbocycles. The van der Waals surface area contributed by atoms with E-state index in [0.29, 0.717) is 11.1 Å². The maximum absolute atomic E-state index is 15.4. The lowest BCUT2D eigenvalue weighted by molar-refractivity contribution is -0.267. The summed E-state index contributed by atoms with van der Waals surface area (Å²) in [5, 5.41) is 19.6. The summed E-state index contributed by atoms with van der Waals surface area (Å²) < 4.78 is 0. The van der Waals surface area contributed by atoms with Gasteiger partial charge in [-0.2, -0.15) is 0 Å². The van der Waals surface area contributed by atoms with Crippen LogP contribution < -0.4 is 5.11 Å². The van der Waals surface area contributed by atoms with Gasteiger partial charge in [0, 0.05) is 17.3 Å². The summed E-state index contributed by atoms with van der Waals surface area (Å²) >= 11 is 0. The topological polar surface area (TPSA) is 35.4 Å². The van der Waals surface area contributed by atoms with Gasteiger partial charge in [0.05, 0.1) is 5.69 Å². The van der Waals surface area contributed by atoms with E-state index in [-0.39, 0.29) is 27.4 Å². The smallest absolute Gasteiger partial charge is 0.0786 e. The van der Waals surface area contributed by atoms with Gasteiger partial charge in [0.1, 0.15) is 0 Å². The maximum Gasteiger partial charge on any atom is 0.0786 e. The minimum atomic E-state index is -0.0760. The van der Waals surface area contributed by atoms with Gasteiger partial charge in [0.15, 0.2) is 0 Å². The van der Waals surface area contributed by atoms with Crippen molar-refractivity contribution in [3.8, 4) is 106 Å². The summed E-state index contributed by atoms with van der Waals surface area (Å²) in [6, 6.07) is 99.8. The molecule has 13 rings (SSSR count). The standard InChI is InChI=1S/C91H83NO/c1-88(2,3)73-45-37-62(38-46-73)60-29-33-64(34-30-60)80-54-71(59-21-14-13-15-22-59)55-81(65-35-31-61(32-36-65)63-39-47-74(48-40-63)89(4,5)6)84(80)72-56-82(66-41-49-75(50-42-66)90(7,8)9)86(83(57-72)67-43-51-76(52-44-67)91(10,11)12)92-58-70-25-20-28-79(87(70)93)85-77-26-18-16-23-68(77)53-69-24-17-19-27-78(69)85/h13-58,93H,1-12H3/p-1. The van der Waals surface area contributed by atoms with Crippen LogP contribution in [0.15, 0.2) is 278 Å². The van der Waals surface area contributed by atoms with Crippen LogP contribution >= 0.6 is 0 Å². The first-order valence-corrected chi connectivity index (χ1v) is 32.8. The Kier molecular flexibility index (Phi) is 16.2. The average molecular weight is 1210 g/mol. The van der Waals surface area contributed by atoms with Crippen LogP contribution in [0.3, 0.4) is 0 Å². The van der Waals surface area contributed by atoms with E-state index in [1.807, 2.05) is 24.4 Å². The number of aliphatic imine (C=N–C) groups is 1. The zero-order valence-corrected chi connectivity index (χ0v) is 55.9. The van der Waals surface area contributed by atoms with Crippen molar-refractivity contribution in [1.29, 1.82) is 0 Å². The molecule has 0 amide bonds. The van der Waals surface area contributed by atoms with Crippen LogP contribution in [-0.2, 0) is 21.7 Å². The summed E-state index contributed by atoms with van der Waals surface area (Å²) in [6.07, 6.45) is 1.82. The first-order chi connectivity index (χ1) is 44.5. The first-order valence-electron chi connectivity index (χ1n) is 32.8. The zero-order chi connectivity index (χ0) is 65.0. The summed E-state index contributed by atoms with van der Waals surface area (Å²) in [7, 11) is 0. The predicted octanol–water partition coefficient (Wildman–Crippen LogP) is 25.0.